The smallest absolute Gasteiger partial charge is 0.0548 e. The number of fused-ring (bicyclic) bond motifs is 12. The second kappa shape index (κ2) is 17.7. The number of hydrogen-bond donors (Lipinski definition) is 1. The molecular weight excluding hydrogens is 971 g/mol. The van der Waals surface area contributed by atoms with Crippen LogP contribution in [0.4, 0.5) is 0 Å². The van der Waals surface area contributed by atoms with E-state index in [0.29, 0.717) is 0 Å². The quantitative estimate of drug-likeness (QED) is 0.157. The van der Waals surface area contributed by atoms with Gasteiger partial charge in [-0.1, -0.05) is 169 Å². The molecule has 15 aromatic rings. The van der Waals surface area contributed by atoms with Gasteiger partial charge in [-0.2, -0.15) is 10.9 Å². The van der Waals surface area contributed by atoms with Crippen molar-refractivity contribution in [3.8, 4) is 50.4 Å². The van der Waals surface area contributed by atoms with Gasteiger partial charge in [0.25, 0.3) is 0 Å². The van der Waals surface area contributed by atoms with Crippen LogP contribution in [-0.4, -0.2) is 13.7 Å². The second-order valence-electron chi connectivity index (χ2n) is 20.1. The van der Waals surface area contributed by atoms with Crippen molar-refractivity contribution in [3.05, 3.63) is 279 Å². The van der Waals surface area contributed by atoms with E-state index in [1.54, 1.807) is 0 Å². The predicted molar refractivity (Wildman–Crippen MR) is 327 cm³/mol. The summed E-state index contributed by atoms with van der Waals surface area (Å²) in [4.78, 5) is 6.94. The van der Waals surface area contributed by atoms with Crippen LogP contribution in [0.3, 0.4) is 0 Å². The Labute approximate surface area is 452 Å². The van der Waals surface area contributed by atoms with Crippen LogP contribution >= 0.6 is 22.7 Å². The number of aromatic nitrogens is 3. The molecule has 1 aliphatic rings. The number of nitrogens with zero attached hydrogens (tertiary/aromatic N) is 3. The number of rotatable bonds is 7. The summed E-state index contributed by atoms with van der Waals surface area (Å²) in [5.41, 5.74) is 17.8. The number of para-hydroxylation sites is 3. The molecule has 0 bridgehead atoms. The molecule has 0 spiro atoms. The topological polar surface area (TPSA) is 14.8 Å². The van der Waals surface area contributed by atoms with Crippen molar-refractivity contribution in [3.63, 3.8) is 0 Å². The summed E-state index contributed by atoms with van der Waals surface area (Å²) in [6, 6.07) is 103. The molecule has 0 radical (unpaired) electrons. The molecule has 5 heteroatoms. The lowest BCUT2D eigenvalue weighted by atomic mass is 9.99. The van der Waals surface area contributed by atoms with Crippen molar-refractivity contribution in [2.75, 3.05) is 0 Å². The van der Waals surface area contributed by atoms with Crippen molar-refractivity contribution in [1.82, 2.24) is 13.7 Å². The van der Waals surface area contributed by atoms with Crippen molar-refractivity contribution >= 4 is 88.1 Å². The van der Waals surface area contributed by atoms with Crippen LogP contribution in [0.1, 0.15) is 0 Å². The van der Waals surface area contributed by atoms with Crippen LogP contribution < -0.4 is 0 Å². The summed E-state index contributed by atoms with van der Waals surface area (Å²) in [6.45, 7) is 0. The standard InChI is InChI=1S/C72H47N3S2/c1-3-18-47(19-4-1)48-20-15-21-49(42-48)50-22-16-26-54(43-50)74-61-30-9-7-28-57(61)71-65(74)40-41-66-72(71)58-29-8-10-31-62(58)75(66)55-27-17-23-51(44-55)52-36-38-63-59(45-52)60-46-56(37-39-64(60)73(63)53-24-5-2-6-25-53)77-69-34-13-11-32-67(69)76-68-33-12-14-35-70(68)77/h1-46,77H. The summed E-state index contributed by atoms with van der Waals surface area (Å²) in [7, 11) is -0.763. The van der Waals surface area contributed by atoms with E-state index in [1.807, 2.05) is 11.8 Å². The van der Waals surface area contributed by atoms with Gasteiger partial charge in [-0.15, -0.1) is 0 Å². The van der Waals surface area contributed by atoms with Crippen LogP contribution in [0.5, 0.6) is 0 Å². The zero-order chi connectivity index (χ0) is 50.6. The van der Waals surface area contributed by atoms with Gasteiger partial charge in [0, 0.05) is 69.0 Å². The average Bonchev–Trinajstić information content (AvgIpc) is 4.20. The van der Waals surface area contributed by atoms with Crippen molar-refractivity contribution in [1.29, 1.82) is 0 Å². The lowest BCUT2D eigenvalue weighted by Crippen LogP contribution is -1.97. The fourth-order valence-corrected chi connectivity index (χ4v) is 16.5. The van der Waals surface area contributed by atoms with E-state index < -0.39 is 10.9 Å². The zero-order valence-electron chi connectivity index (χ0n) is 41.8. The maximum absolute atomic E-state index is 2.50. The zero-order valence-corrected chi connectivity index (χ0v) is 43.5. The van der Waals surface area contributed by atoms with Crippen LogP contribution in [0.15, 0.2) is 304 Å². The summed E-state index contributed by atoms with van der Waals surface area (Å²) in [5, 5.41) is 7.52. The van der Waals surface area contributed by atoms with E-state index in [2.05, 4.69) is 293 Å². The third-order valence-corrected chi connectivity index (χ3v) is 19.8. The molecule has 0 amide bonds. The molecule has 0 fully saturated rings. The molecule has 3 nitrogen and oxygen atoms in total. The first kappa shape index (κ1) is 44.1. The third-order valence-electron chi connectivity index (χ3n) is 15.8. The Morgan fingerprint density at radius 2 is 0.649 bits per heavy atom. The van der Waals surface area contributed by atoms with Crippen molar-refractivity contribution < 1.29 is 0 Å². The van der Waals surface area contributed by atoms with Gasteiger partial charge in [0.2, 0.25) is 0 Å². The van der Waals surface area contributed by atoms with E-state index in [0.717, 1.165) is 17.1 Å². The molecule has 0 atom stereocenters. The minimum atomic E-state index is -0.763. The monoisotopic (exact) mass is 1020 g/mol. The Bertz CT molecular complexity index is 4800. The van der Waals surface area contributed by atoms with Crippen molar-refractivity contribution in [2.24, 2.45) is 0 Å². The van der Waals surface area contributed by atoms with E-state index >= 15 is 0 Å². The van der Waals surface area contributed by atoms with Crippen LogP contribution in [0.2, 0.25) is 0 Å². The molecule has 77 heavy (non-hydrogen) atoms. The van der Waals surface area contributed by atoms with E-state index in [4.69, 9.17) is 0 Å². The van der Waals surface area contributed by atoms with Gasteiger partial charge < -0.3 is 13.7 Å². The van der Waals surface area contributed by atoms with Gasteiger partial charge in [-0.25, -0.2) is 0 Å². The molecule has 16 rings (SSSR count). The molecule has 12 aromatic carbocycles. The first-order chi connectivity index (χ1) is 38.2. The maximum atomic E-state index is 2.50. The van der Waals surface area contributed by atoms with Gasteiger partial charge in [-0.3, -0.25) is 0 Å². The first-order valence-corrected chi connectivity index (χ1v) is 28.5. The van der Waals surface area contributed by atoms with Gasteiger partial charge in [-0.05, 0) is 160 Å². The highest BCUT2D eigenvalue weighted by Gasteiger charge is 2.26. The summed E-state index contributed by atoms with van der Waals surface area (Å²) in [6.07, 6.45) is 0. The van der Waals surface area contributed by atoms with Crippen LogP contribution in [0.25, 0.3) is 116 Å². The molecule has 0 saturated carbocycles. The number of thiol groups is 1. The summed E-state index contributed by atoms with van der Waals surface area (Å²) < 4.78 is 7.38. The molecule has 4 heterocycles. The lowest BCUT2D eigenvalue weighted by Gasteiger charge is -2.31. The molecule has 0 saturated heterocycles. The van der Waals surface area contributed by atoms with Gasteiger partial charge in [0.1, 0.15) is 0 Å². The Hall–Kier alpha value is -9.26. The minimum absolute atomic E-state index is 0.763. The highest BCUT2D eigenvalue weighted by atomic mass is 32.2. The Kier molecular flexibility index (Phi) is 10.1. The number of hydrogen-bond acceptors (Lipinski definition) is 1. The van der Waals surface area contributed by atoms with Crippen LogP contribution in [0, 0.1) is 0 Å². The highest BCUT2D eigenvalue weighted by molar-refractivity contribution is 8.18. The second-order valence-corrected chi connectivity index (χ2v) is 23.3. The SMILES string of the molecule is c1ccc(-c2cccc(-c3cccc(-n4c5ccccc5c5c6c7ccccc7n(-c7cccc(-c8ccc9c(c8)c8cc([SH]%10c%11ccccc%11Sc%11ccccc%11%10)ccc8n9-c8ccccc8)c7)c6ccc54)c3)c2)cc1. The number of benzene rings is 12. The van der Waals surface area contributed by atoms with E-state index in [1.165, 1.54) is 123 Å². The molecule has 1 aliphatic heterocycles. The molecular formula is C72H47N3S2. The van der Waals surface area contributed by atoms with Crippen molar-refractivity contribution in [2.45, 2.75) is 24.5 Å². The minimum Gasteiger partial charge on any atom is -0.309 e. The van der Waals surface area contributed by atoms with Gasteiger partial charge in [0.15, 0.2) is 0 Å². The van der Waals surface area contributed by atoms with Gasteiger partial charge >= 0.3 is 0 Å². The lowest BCUT2D eigenvalue weighted by molar-refractivity contribution is 1.13. The van der Waals surface area contributed by atoms with Gasteiger partial charge in [0.05, 0.1) is 33.1 Å². The molecule has 0 unspecified atom stereocenters. The normalized spacial score (nSPS) is 12.8. The molecule has 0 aliphatic carbocycles. The molecule has 362 valence electrons. The fraction of sp³-hybridized carbons (Fsp3) is 0. The largest absolute Gasteiger partial charge is 0.309 e. The summed E-state index contributed by atoms with van der Waals surface area (Å²) in [5.74, 6) is 0. The van der Waals surface area contributed by atoms with E-state index in [9.17, 15) is 0 Å². The first-order valence-electron chi connectivity index (χ1n) is 26.3. The average molecular weight is 1020 g/mol. The third kappa shape index (κ3) is 7.01. The molecule has 0 N–H and O–H groups in total. The summed E-state index contributed by atoms with van der Waals surface area (Å²) >= 11 is 1.90. The van der Waals surface area contributed by atoms with Crippen LogP contribution in [-0.2, 0) is 0 Å². The Balaban J connectivity index is 0.848. The maximum Gasteiger partial charge on any atom is 0.0548 e. The Morgan fingerprint density at radius 3 is 1.26 bits per heavy atom. The Morgan fingerprint density at radius 1 is 0.247 bits per heavy atom. The predicted octanol–water partition coefficient (Wildman–Crippen LogP) is 19.9. The highest BCUT2D eigenvalue weighted by Crippen LogP contribution is 2.62. The fourth-order valence-electron chi connectivity index (χ4n) is 12.4. The molecule has 3 aromatic heterocycles. The van der Waals surface area contributed by atoms with E-state index in [-0.39, 0.29) is 0 Å².